The van der Waals surface area contributed by atoms with Gasteiger partial charge in [-0.25, -0.2) is 4.79 Å². The van der Waals surface area contributed by atoms with Gasteiger partial charge in [-0.3, -0.25) is 9.82 Å². The Bertz CT molecular complexity index is 709. The Morgan fingerprint density at radius 2 is 2.11 bits per heavy atom. The molecule has 1 aromatic carbocycles. The smallest absolute Gasteiger partial charge is 0.335 e. The number of carboxylic acids is 1. The minimum absolute atomic E-state index is 0.0167. The highest BCUT2D eigenvalue weighted by Crippen LogP contribution is 2.22. The largest absolute Gasteiger partial charge is 0.478 e. The SMILES string of the molecule is Nc1cc(C(=O)O)ccc1NS(=O)(=O)c1ccn[nH]1. The number of aromatic nitrogens is 2. The Balaban J connectivity index is 2.32. The standard InChI is InChI=1S/C10H10N4O4S/c11-7-5-6(10(15)16)1-2-8(7)14-19(17,18)9-3-4-12-13-9/h1-5,14H,11H2,(H,12,13)(H,15,16). The Labute approximate surface area is 108 Å². The van der Waals surface area contributed by atoms with Crippen molar-refractivity contribution in [3.05, 3.63) is 36.0 Å². The summed E-state index contributed by atoms with van der Waals surface area (Å²) in [4.78, 5) is 10.7. The maximum atomic E-state index is 11.9. The summed E-state index contributed by atoms with van der Waals surface area (Å²) in [5.41, 5.74) is 5.69. The van der Waals surface area contributed by atoms with Gasteiger partial charge in [0.05, 0.1) is 23.1 Å². The van der Waals surface area contributed by atoms with Gasteiger partial charge in [0, 0.05) is 0 Å². The summed E-state index contributed by atoms with van der Waals surface area (Å²) in [6, 6.07) is 4.99. The van der Waals surface area contributed by atoms with Gasteiger partial charge in [0.1, 0.15) is 0 Å². The number of anilines is 2. The normalized spacial score (nSPS) is 11.2. The number of aromatic carboxylic acids is 1. The molecule has 0 aliphatic carbocycles. The number of aromatic amines is 1. The van der Waals surface area contributed by atoms with Gasteiger partial charge in [0.2, 0.25) is 0 Å². The third-order valence-electron chi connectivity index (χ3n) is 2.31. The van der Waals surface area contributed by atoms with Crippen molar-refractivity contribution in [3.63, 3.8) is 0 Å². The van der Waals surface area contributed by atoms with Crippen molar-refractivity contribution >= 4 is 27.4 Å². The number of H-pyrrole nitrogens is 1. The molecular weight excluding hydrogens is 272 g/mol. The van der Waals surface area contributed by atoms with E-state index in [9.17, 15) is 13.2 Å². The number of nitrogens with zero attached hydrogens (tertiary/aromatic N) is 1. The molecule has 8 nitrogen and oxygen atoms in total. The van der Waals surface area contributed by atoms with E-state index < -0.39 is 16.0 Å². The van der Waals surface area contributed by atoms with Crippen LogP contribution >= 0.6 is 0 Å². The molecule has 0 saturated carbocycles. The lowest BCUT2D eigenvalue weighted by molar-refractivity contribution is 0.0697. The van der Waals surface area contributed by atoms with E-state index in [2.05, 4.69) is 14.9 Å². The molecule has 2 rings (SSSR count). The van der Waals surface area contributed by atoms with Crippen molar-refractivity contribution in [1.29, 1.82) is 0 Å². The molecule has 0 atom stereocenters. The van der Waals surface area contributed by atoms with Gasteiger partial charge < -0.3 is 10.8 Å². The number of hydrogen-bond donors (Lipinski definition) is 4. The minimum atomic E-state index is -3.82. The molecular formula is C10H10N4O4S. The van der Waals surface area contributed by atoms with E-state index in [0.717, 1.165) is 0 Å². The number of nitrogens with one attached hydrogen (secondary N) is 2. The van der Waals surface area contributed by atoms with Gasteiger partial charge in [-0.05, 0) is 24.3 Å². The molecule has 0 bridgehead atoms. The van der Waals surface area contributed by atoms with Gasteiger partial charge in [0.25, 0.3) is 10.0 Å². The summed E-state index contributed by atoms with van der Waals surface area (Å²) in [6.45, 7) is 0. The average molecular weight is 282 g/mol. The first-order chi connectivity index (χ1) is 8.90. The highest BCUT2D eigenvalue weighted by molar-refractivity contribution is 7.92. The second-order valence-corrected chi connectivity index (χ2v) is 5.28. The van der Waals surface area contributed by atoms with Crippen LogP contribution in [0.2, 0.25) is 0 Å². The number of nitrogen functional groups attached to an aromatic ring is 1. The summed E-state index contributed by atoms with van der Waals surface area (Å²) in [6.07, 6.45) is 1.30. The van der Waals surface area contributed by atoms with Crippen LogP contribution in [0, 0.1) is 0 Å². The fraction of sp³-hybridized carbons (Fsp3) is 0. The van der Waals surface area contributed by atoms with Crippen LogP contribution < -0.4 is 10.5 Å². The second-order valence-electron chi connectivity index (χ2n) is 3.63. The van der Waals surface area contributed by atoms with Gasteiger partial charge in [0.15, 0.2) is 5.03 Å². The number of rotatable bonds is 4. The van der Waals surface area contributed by atoms with Crippen molar-refractivity contribution in [2.24, 2.45) is 0 Å². The first kappa shape index (κ1) is 12.9. The van der Waals surface area contributed by atoms with Crippen LogP contribution in [0.15, 0.2) is 35.5 Å². The summed E-state index contributed by atoms with van der Waals surface area (Å²) in [7, 11) is -3.82. The Kier molecular flexibility index (Phi) is 3.13. The van der Waals surface area contributed by atoms with Crippen LogP contribution in [0.3, 0.4) is 0 Å². The molecule has 0 amide bonds. The third kappa shape index (κ3) is 2.65. The number of hydrogen-bond acceptors (Lipinski definition) is 5. The van der Waals surface area contributed by atoms with E-state index >= 15 is 0 Å². The van der Waals surface area contributed by atoms with Crippen LogP contribution in [0.5, 0.6) is 0 Å². The molecule has 0 radical (unpaired) electrons. The van der Waals surface area contributed by atoms with E-state index in [-0.39, 0.29) is 22.0 Å². The molecule has 0 saturated heterocycles. The van der Waals surface area contributed by atoms with Crippen molar-refractivity contribution < 1.29 is 18.3 Å². The van der Waals surface area contributed by atoms with Gasteiger partial charge in [-0.2, -0.15) is 13.5 Å². The lowest BCUT2D eigenvalue weighted by atomic mass is 10.2. The zero-order valence-electron chi connectivity index (χ0n) is 9.49. The van der Waals surface area contributed by atoms with E-state index in [1.807, 2.05) is 0 Å². The number of benzene rings is 1. The Hall–Kier alpha value is -2.55. The molecule has 2 aromatic rings. The topological polar surface area (TPSA) is 138 Å². The highest BCUT2D eigenvalue weighted by atomic mass is 32.2. The molecule has 0 spiro atoms. The molecule has 19 heavy (non-hydrogen) atoms. The summed E-state index contributed by atoms with van der Waals surface area (Å²) < 4.78 is 26.0. The fourth-order valence-corrected chi connectivity index (χ4v) is 2.38. The molecule has 1 heterocycles. The molecule has 0 aliphatic heterocycles. The summed E-state index contributed by atoms with van der Waals surface area (Å²) in [5.74, 6) is -1.14. The lowest BCUT2D eigenvalue weighted by Crippen LogP contribution is -2.15. The van der Waals surface area contributed by atoms with Crippen molar-refractivity contribution in [3.8, 4) is 0 Å². The fourth-order valence-electron chi connectivity index (χ4n) is 1.38. The zero-order chi connectivity index (χ0) is 14.0. The highest BCUT2D eigenvalue weighted by Gasteiger charge is 2.17. The molecule has 0 aliphatic rings. The third-order valence-corrected chi connectivity index (χ3v) is 3.60. The monoisotopic (exact) mass is 282 g/mol. The number of carbonyl (C=O) groups is 1. The minimum Gasteiger partial charge on any atom is -0.478 e. The van der Waals surface area contributed by atoms with E-state index in [1.54, 1.807) is 0 Å². The lowest BCUT2D eigenvalue weighted by Gasteiger charge is -2.09. The Morgan fingerprint density at radius 1 is 1.37 bits per heavy atom. The average Bonchev–Trinajstić information content (AvgIpc) is 2.85. The van der Waals surface area contributed by atoms with E-state index in [4.69, 9.17) is 10.8 Å². The van der Waals surface area contributed by atoms with Crippen LogP contribution in [0.25, 0.3) is 0 Å². The number of nitrogens with two attached hydrogens (primary N) is 1. The van der Waals surface area contributed by atoms with E-state index in [1.165, 1.54) is 30.5 Å². The van der Waals surface area contributed by atoms with Crippen LogP contribution in [-0.4, -0.2) is 29.7 Å². The van der Waals surface area contributed by atoms with Crippen LogP contribution in [-0.2, 0) is 10.0 Å². The van der Waals surface area contributed by atoms with Gasteiger partial charge >= 0.3 is 5.97 Å². The molecule has 9 heteroatoms. The van der Waals surface area contributed by atoms with Crippen LogP contribution in [0.4, 0.5) is 11.4 Å². The predicted octanol–water partition coefficient (Wildman–Crippen LogP) is 0.491. The van der Waals surface area contributed by atoms with Gasteiger partial charge in [-0.15, -0.1) is 0 Å². The summed E-state index contributed by atoms with van der Waals surface area (Å²) in [5, 5.41) is 14.5. The first-order valence-electron chi connectivity index (χ1n) is 5.05. The van der Waals surface area contributed by atoms with Crippen molar-refractivity contribution in [2.45, 2.75) is 5.03 Å². The van der Waals surface area contributed by atoms with Crippen LogP contribution in [0.1, 0.15) is 10.4 Å². The molecule has 1 aromatic heterocycles. The summed E-state index contributed by atoms with van der Waals surface area (Å²) >= 11 is 0. The quantitative estimate of drug-likeness (QED) is 0.602. The first-order valence-corrected chi connectivity index (χ1v) is 6.53. The maximum Gasteiger partial charge on any atom is 0.335 e. The second kappa shape index (κ2) is 4.61. The van der Waals surface area contributed by atoms with Gasteiger partial charge in [-0.1, -0.05) is 0 Å². The molecule has 5 N–H and O–H groups in total. The molecule has 100 valence electrons. The predicted molar refractivity (Wildman–Crippen MR) is 67.2 cm³/mol. The molecule has 0 unspecified atom stereocenters. The molecule has 0 fully saturated rings. The Morgan fingerprint density at radius 3 is 2.63 bits per heavy atom. The maximum absolute atomic E-state index is 11.9. The zero-order valence-corrected chi connectivity index (χ0v) is 10.3. The van der Waals surface area contributed by atoms with Crippen molar-refractivity contribution in [2.75, 3.05) is 10.5 Å². The van der Waals surface area contributed by atoms with E-state index in [0.29, 0.717) is 0 Å². The number of carboxylic acid groups (broad SMARTS) is 1. The number of sulfonamides is 1. The van der Waals surface area contributed by atoms with Crippen molar-refractivity contribution in [1.82, 2.24) is 10.2 Å².